The lowest BCUT2D eigenvalue weighted by Crippen LogP contribution is -2.32. The number of Topliss-reactive ketones (excluding diaryl/α,β-unsaturated/α-hetero) is 1. The fraction of sp³-hybridized carbons (Fsp3) is 0.294. The average molecular weight is 389 g/mol. The van der Waals surface area contributed by atoms with Crippen LogP contribution in [0.25, 0.3) is 0 Å². The molecule has 2 heterocycles. The maximum atomic E-state index is 12.4. The number of fused-ring (bicyclic) bond motifs is 1. The number of benzene rings is 1. The first-order chi connectivity index (χ1) is 12.5. The molecule has 2 aliphatic rings. The quantitative estimate of drug-likeness (QED) is 0.430. The molecule has 0 N–H and O–H groups in total. The van der Waals surface area contributed by atoms with Crippen molar-refractivity contribution in [3.05, 3.63) is 34.9 Å². The van der Waals surface area contributed by atoms with Crippen LogP contribution in [0.5, 0.6) is 0 Å². The van der Waals surface area contributed by atoms with Crippen LogP contribution in [0.15, 0.2) is 39.8 Å². The van der Waals surface area contributed by atoms with Crippen molar-refractivity contribution in [2.24, 2.45) is 0 Å². The van der Waals surface area contributed by atoms with Crippen molar-refractivity contribution in [2.45, 2.75) is 4.90 Å². The molecular weight excluding hydrogens is 374 g/mol. The predicted molar refractivity (Wildman–Crippen MR) is 98.7 cm³/mol. The third-order valence-corrected chi connectivity index (χ3v) is 6.00. The van der Waals surface area contributed by atoms with Gasteiger partial charge in [-0.1, -0.05) is 35.7 Å². The highest BCUT2D eigenvalue weighted by atomic mass is 32.2. The van der Waals surface area contributed by atoms with Crippen LogP contribution in [0.2, 0.25) is 0 Å². The van der Waals surface area contributed by atoms with Crippen LogP contribution in [-0.2, 0) is 14.3 Å². The Morgan fingerprint density at radius 2 is 2.12 bits per heavy atom. The van der Waals surface area contributed by atoms with E-state index in [9.17, 15) is 19.6 Å². The monoisotopic (exact) mass is 389 g/mol. The van der Waals surface area contributed by atoms with E-state index in [-0.39, 0.29) is 17.4 Å². The number of carbonyl (C=O) groups is 3. The van der Waals surface area contributed by atoms with Gasteiger partial charge in [-0.05, 0) is 12.1 Å². The molecule has 0 saturated carbocycles. The summed E-state index contributed by atoms with van der Waals surface area (Å²) in [6.07, 6.45) is 0. The van der Waals surface area contributed by atoms with Gasteiger partial charge in [0.25, 0.3) is 5.24 Å². The first kappa shape index (κ1) is 18.4. The highest BCUT2D eigenvalue weighted by Gasteiger charge is 2.29. The molecule has 0 bridgehead atoms. The number of ether oxygens (including phenoxy) is 1. The fourth-order valence-electron chi connectivity index (χ4n) is 2.54. The van der Waals surface area contributed by atoms with Gasteiger partial charge in [-0.15, -0.1) is 0 Å². The van der Waals surface area contributed by atoms with Crippen LogP contribution in [0.4, 0.5) is 10.5 Å². The molecule has 26 heavy (non-hydrogen) atoms. The molecule has 2 aliphatic heterocycles. The van der Waals surface area contributed by atoms with Gasteiger partial charge in [0.15, 0.2) is 6.61 Å². The van der Waals surface area contributed by atoms with Gasteiger partial charge in [0.05, 0.1) is 5.69 Å². The van der Waals surface area contributed by atoms with Gasteiger partial charge in [0.2, 0.25) is 5.78 Å². The zero-order valence-corrected chi connectivity index (χ0v) is 15.6. The lowest BCUT2D eigenvalue weighted by Gasteiger charge is -2.15. The van der Waals surface area contributed by atoms with Crippen molar-refractivity contribution in [3.8, 4) is 6.07 Å². The van der Waals surface area contributed by atoms with Crippen molar-refractivity contribution >= 4 is 46.2 Å². The molecule has 0 aliphatic carbocycles. The number of thioether (sulfide) groups is 2. The van der Waals surface area contributed by atoms with E-state index in [2.05, 4.69) is 0 Å². The number of hydrogen-bond acceptors (Lipinski definition) is 8. The normalized spacial score (nSPS) is 17.8. The molecular formula is C17H15N3O4S2. The Kier molecular flexibility index (Phi) is 5.54. The number of nitriles is 1. The van der Waals surface area contributed by atoms with E-state index in [0.717, 1.165) is 22.3 Å². The van der Waals surface area contributed by atoms with E-state index in [1.807, 2.05) is 30.3 Å². The Bertz CT molecular complexity index is 847. The van der Waals surface area contributed by atoms with Gasteiger partial charge < -0.3 is 14.5 Å². The molecule has 9 heteroatoms. The second-order valence-electron chi connectivity index (χ2n) is 5.54. The number of anilines is 1. The van der Waals surface area contributed by atoms with Gasteiger partial charge in [0, 0.05) is 24.2 Å². The van der Waals surface area contributed by atoms with Crippen LogP contribution < -0.4 is 4.90 Å². The lowest BCUT2D eigenvalue weighted by atomic mass is 10.2. The summed E-state index contributed by atoms with van der Waals surface area (Å²) in [6.45, 7) is -0.220. The van der Waals surface area contributed by atoms with Crippen LogP contribution in [0, 0.1) is 11.3 Å². The summed E-state index contributed by atoms with van der Waals surface area (Å²) in [5, 5.41) is 9.76. The molecule has 1 saturated heterocycles. The number of carbonyl (C=O) groups excluding carboxylic acids is 3. The molecule has 1 aromatic carbocycles. The summed E-state index contributed by atoms with van der Waals surface area (Å²) >= 11 is 2.48. The Labute approximate surface area is 159 Å². The maximum absolute atomic E-state index is 12.4. The summed E-state index contributed by atoms with van der Waals surface area (Å²) in [6, 6.07) is 9.50. The molecule has 3 rings (SSSR count). The predicted octanol–water partition coefficient (Wildman–Crippen LogP) is 2.24. The Morgan fingerprint density at radius 1 is 1.35 bits per heavy atom. The first-order valence-electron chi connectivity index (χ1n) is 7.76. The molecule has 0 radical (unpaired) electrons. The SMILES string of the molecule is CN1/C(=C(\C#N)C(=O)COC(=O)CN2CCSC2=O)Sc2ccccc21. The van der Waals surface area contributed by atoms with Gasteiger partial charge >= 0.3 is 5.97 Å². The van der Waals surface area contributed by atoms with E-state index in [1.54, 1.807) is 11.9 Å². The molecule has 7 nitrogen and oxygen atoms in total. The Hall–Kier alpha value is -2.44. The van der Waals surface area contributed by atoms with Crippen molar-refractivity contribution in [1.82, 2.24) is 4.90 Å². The van der Waals surface area contributed by atoms with Gasteiger partial charge in [-0.2, -0.15) is 5.26 Å². The third kappa shape index (κ3) is 3.71. The second-order valence-corrected chi connectivity index (χ2v) is 7.62. The minimum Gasteiger partial charge on any atom is -0.456 e. The molecule has 0 aromatic heterocycles. The van der Waals surface area contributed by atoms with E-state index < -0.39 is 18.4 Å². The van der Waals surface area contributed by atoms with Crippen LogP contribution in [0.1, 0.15) is 0 Å². The smallest absolute Gasteiger partial charge is 0.326 e. The summed E-state index contributed by atoms with van der Waals surface area (Å²) in [5.41, 5.74) is 0.865. The van der Waals surface area contributed by atoms with Crippen LogP contribution in [0.3, 0.4) is 0 Å². The standard InChI is InChI=1S/C17H15N3O4S2/c1-19-12-4-2-3-5-14(12)26-16(19)11(8-18)13(21)10-24-15(22)9-20-6-7-25-17(20)23/h2-5H,6-7,9-10H2,1H3/b16-11-. The number of hydrogen-bond donors (Lipinski definition) is 0. The number of nitrogens with zero attached hydrogens (tertiary/aromatic N) is 3. The van der Waals surface area contributed by atoms with Crippen molar-refractivity contribution < 1.29 is 19.1 Å². The Balaban J connectivity index is 1.64. The molecule has 1 fully saturated rings. The summed E-state index contributed by atoms with van der Waals surface area (Å²) in [5.74, 6) is -0.586. The Morgan fingerprint density at radius 3 is 2.77 bits per heavy atom. The highest BCUT2D eigenvalue weighted by Crippen LogP contribution is 2.46. The molecule has 0 spiro atoms. The molecule has 0 atom stereocenters. The van der Waals surface area contributed by atoms with Gasteiger partial charge in [-0.3, -0.25) is 14.4 Å². The zero-order valence-electron chi connectivity index (χ0n) is 13.9. The van der Waals surface area contributed by atoms with E-state index in [1.165, 1.54) is 16.7 Å². The van der Waals surface area contributed by atoms with E-state index in [4.69, 9.17) is 4.74 Å². The lowest BCUT2D eigenvalue weighted by molar-refractivity contribution is -0.147. The number of amides is 1. The van der Waals surface area contributed by atoms with Crippen LogP contribution >= 0.6 is 23.5 Å². The van der Waals surface area contributed by atoms with Crippen LogP contribution in [-0.4, -0.2) is 54.4 Å². The minimum absolute atomic E-state index is 0.0469. The number of ketones is 1. The largest absolute Gasteiger partial charge is 0.456 e. The first-order valence-corrected chi connectivity index (χ1v) is 9.57. The fourth-order valence-corrected chi connectivity index (χ4v) is 4.53. The zero-order chi connectivity index (χ0) is 18.7. The summed E-state index contributed by atoms with van der Waals surface area (Å²) in [4.78, 5) is 39.8. The van der Waals surface area contributed by atoms with Crippen molar-refractivity contribution in [1.29, 1.82) is 5.26 Å². The van der Waals surface area contributed by atoms with Gasteiger partial charge in [0.1, 0.15) is 23.2 Å². The third-order valence-electron chi connectivity index (χ3n) is 3.87. The summed E-state index contributed by atoms with van der Waals surface area (Å²) in [7, 11) is 1.78. The van der Waals surface area contributed by atoms with Crippen molar-refractivity contribution in [2.75, 3.05) is 37.4 Å². The maximum Gasteiger partial charge on any atom is 0.326 e. The number of esters is 1. The molecule has 134 valence electrons. The highest BCUT2D eigenvalue weighted by molar-refractivity contribution is 8.13. The summed E-state index contributed by atoms with van der Waals surface area (Å²) < 4.78 is 4.96. The minimum atomic E-state index is -0.660. The topological polar surface area (TPSA) is 90.7 Å². The second kappa shape index (κ2) is 7.85. The molecule has 1 aromatic rings. The van der Waals surface area contributed by atoms with Gasteiger partial charge in [-0.25, -0.2) is 0 Å². The van der Waals surface area contributed by atoms with E-state index >= 15 is 0 Å². The van der Waals surface area contributed by atoms with E-state index in [0.29, 0.717) is 17.3 Å². The number of rotatable bonds is 5. The van der Waals surface area contributed by atoms with Crippen molar-refractivity contribution in [3.63, 3.8) is 0 Å². The number of para-hydroxylation sites is 1. The molecule has 1 amide bonds. The molecule has 0 unspecified atom stereocenters. The average Bonchev–Trinajstić information content (AvgIpc) is 3.18.